The quantitative estimate of drug-likeness (QED) is 0.881. The van der Waals surface area contributed by atoms with Gasteiger partial charge in [-0.2, -0.15) is 5.10 Å². The number of benzene rings is 1. The van der Waals surface area contributed by atoms with E-state index in [0.29, 0.717) is 6.61 Å². The zero-order valence-corrected chi connectivity index (χ0v) is 13.4. The second kappa shape index (κ2) is 6.90. The van der Waals surface area contributed by atoms with Gasteiger partial charge < -0.3 is 10.5 Å². The van der Waals surface area contributed by atoms with E-state index in [9.17, 15) is 0 Å². The molecule has 2 aromatic rings. The van der Waals surface area contributed by atoms with E-state index >= 15 is 0 Å². The van der Waals surface area contributed by atoms with Gasteiger partial charge in [-0.05, 0) is 42.7 Å². The second-order valence-electron chi connectivity index (χ2n) is 5.05. The molecule has 1 unspecified atom stereocenters. The number of halogens is 1. The molecule has 108 valence electrons. The first-order valence-electron chi connectivity index (χ1n) is 6.69. The molecule has 5 heteroatoms. The first-order valence-corrected chi connectivity index (χ1v) is 7.48. The van der Waals surface area contributed by atoms with Crippen molar-refractivity contribution in [1.82, 2.24) is 9.78 Å². The topological polar surface area (TPSA) is 53.1 Å². The van der Waals surface area contributed by atoms with Crippen molar-refractivity contribution in [2.75, 3.05) is 6.61 Å². The molecule has 4 nitrogen and oxygen atoms in total. The Kier molecular flexibility index (Phi) is 5.20. The number of rotatable bonds is 6. The third-order valence-electron chi connectivity index (χ3n) is 2.97. The summed E-state index contributed by atoms with van der Waals surface area (Å²) in [6.45, 7) is 2.64. The molecule has 0 aliphatic rings. The van der Waals surface area contributed by atoms with Crippen molar-refractivity contribution in [1.29, 1.82) is 0 Å². The molecule has 2 rings (SSSR count). The normalized spacial score (nSPS) is 12.4. The Bertz CT molecular complexity index is 566. The van der Waals surface area contributed by atoms with Gasteiger partial charge in [0, 0.05) is 30.2 Å². The summed E-state index contributed by atoms with van der Waals surface area (Å²) in [6, 6.07) is 6.17. The van der Waals surface area contributed by atoms with Crippen LogP contribution in [0.5, 0.6) is 5.75 Å². The van der Waals surface area contributed by atoms with Gasteiger partial charge >= 0.3 is 0 Å². The molecule has 0 amide bonds. The van der Waals surface area contributed by atoms with Gasteiger partial charge in [0.15, 0.2) is 0 Å². The molecule has 0 spiro atoms. The fraction of sp³-hybridized carbons (Fsp3) is 0.400. The molecule has 1 heterocycles. The van der Waals surface area contributed by atoms with Crippen LogP contribution in [0.4, 0.5) is 0 Å². The van der Waals surface area contributed by atoms with Crippen LogP contribution < -0.4 is 10.5 Å². The van der Waals surface area contributed by atoms with E-state index < -0.39 is 0 Å². The average Bonchev–Trinajstić information content (AvgIpc) is 2.77. The van der Waals surface area contributed by atoms with Gasteiger partial charge in [0.1, 0.15) is 5.75 Å². The van der Waals surface area contributed by atoms with Gasteiger partial charge in [0.2, 0.25) is 0 Å². The summed E-state index contributed by atoms with van der Waals surface area (Å²) in [6.07, 6.45) is 5.53. The average molecular weight is 338 g/mol. The molecule has 0 saturated carbocycles. The maximum atomic E-state index is 5.89. The van der Waals surface area contributed by atoms with E-state index in [1.807, 2.05) is 38.5 Å². The lowest BCUT2D eigenvalue weighted by Gasteiger charge is -2.13. The molecular weight excluding hydrogens is 318 g/mol. The van der Waals surface area contributed by atoms with Gasteiger partial charge in [-0.15, -0.1) is 0 Å². The highest BCUT2D eigenvalue weighted by Crippen LogP contribution is 2.24. The Morgan fingerprint density at radius 2 is 2.25 bits per heavy atom. The van der Waals surface area contributed by atoms with E-state index in [0.717, 1.165) is 28.6 Å². The molecule has 0 aliphatic carbocycles. The predicted octanol–water partition coefficient (Wildman–Crippen LogP) is 2.69. The van der Waals surface area contributed by atoms with Gasteiger partial charge in [0.25, 0.3) is 0 Å². The van der Waals surface area contributed by atoms with Crippen LogP contribution in [0, 0.1) is 0 Å². The maximum Gasteiger partial charge on any atom is 0.122 e. The van der Waals surface area contributed by atoms with Gasteiger partial charge in [-0.25, -0.2) is 0 Å². The minimum absolute atomic E-state index is 0.116. The number of nitrogens with two attached hydrogens (primary N) is 1. The van der Waals surface area contributed by atoms with Crippen molar-refractivity contribution >= 4 is 15.9 Å². The third kappa shape index (κ3) is 4.35. The monoisotopic (exact) mass is 337 g/mol. The van der Waals surface area contributed by atoms with Crippen LogP contribution in [-0.2, 0) is 19.9 Å². The Hall–Kier alpha value is -1.33. The molecule has 1 atom stereocenters. The largest absolute Gasteiger partial charge is 0.493 e. The molecule has 0 radical (unpaired) electrons. The molecular formula is C15H20BrN3O. The highest BCUT2D eigenvalue weighted by molar-refractivity contribution is 9.10. The Morgan fingerprint density at radius 1 is 1.45 bits per heavy atom. The Morgan fingerprint density at radius 3 is 2.90 bits per heavy atom. The van der Waals surface area contributed by atoms with Crippen LogP contribution in [0.1, 0.15) is 18.1 Å². The maximum absolute atomic E-state index is 5.89. The van der Waals surface area contributed by atoms with Crippen molar-refractivity contribution in [3.63, 3.8) is 0 Å². The van der Waals surface area contributed by atoms with Crippen LogP contribution in [0.15, 0.2) is 35.1 Å². The lowest BCUT2D eigenvalue weighted by atomic mass is 10.1. The van der Waals surface area contributed by atoms with E-state index in [4.69, 9.17) is 10.5 Å². The van der Waals surface area contributed by atoms with Crippen LogP contribution in [0.2, 0.25) is 0 Å². The number of aromatic nitrogens is 2. The predicted molar refractivity (Wildman–Crippen MR) is 83.9 cm³/mol. The van der Waals surface area contributed by atoms with E-state index in [1.165, 1.54) is 5.56 Å². The van der Waals surface area contributed by atoms with Gasteiger partial charge in [0.05, 0.1) is 12.8 Å². The summed E-state index contributed by atoms with van der Waals surface area (Å²) < 4.78 is 8.74. The smallest absolute Gasteiger partial charge is 0.122 e. The summed E-state index contributed by atoms with van der Waals surface area (Å²) in [5.41, 5.74) is 8.20. The Balaban J connectivity index is 1.97. The summed E-state index contributed by atoms with van der Waals surface area (Å²) in [5, 5.41) is 4.15. The molecule has 2 N–H and O–H groups in total. The Labute approximate surface area is 128 Å². The standard InChI is InChI=1S/C15H20BrN3O/c1-11(17)7-13-8-14(16)3-4-15(13)20-6-5-12-9-18-19(2)10-12/h3-4,8-11H,5-7,17H2,1-2H3. The number of hydrogen-bond acceptors (Lipinski definition) is 3. The van der Waals surface area contributed by atoms with Gasteiger partial charge in [-0.3, -0.25) is 4.68 Å². The van der Waals surface area contributed by atoms with Crippen LogP contribution in [-0.4, -0.2) is 22.4 Å². The zero-order valence-electron chi connectivity index (χ0n) is 11.8. The van der Waals surface area contributed by atoms with E-state index in [2.05, 4.69) is 27.1 Å². The molecule has 0 aliphatic heterocycles. The van der Waals surface area contributed by atoms with Crippen molar-refractivity contribution in [2.24, 2.45) is 12.8 Å². The minimum Gasteiger partial charge on any atom is -0.493 e. The van der Waals surface area contributed by atoms with Crippen LogP contribution >= 0.6 is 15.9 Å². The number of ether oxygens (including phenoxy) is 1. The van der Waals surface area contributed by atoms with Crippen molar-refractivity contribution in [3.05, 3.63) is 46.2 Å². The SMILES string of the molecule is CC(N)Cc1cc(Br)ccc1OCCc1cnn(C)c1. The first-order chi connectivity index (χ1) is 9.54. The molecule has 1 aromatic heterocycles. The second-order valence-corrected chi connectivity index (χ2v) is 5.97. The van der Waals surface area contributed by atoms with Crippen molar-refractivity contribution in [2.45, 2.75) is 25.8 Å². The molecule has 20 heavy (non-hydrogen) atoms. The number of hydrogen-bond donors (Lipinski definition) is 1. The summed E-state index contributed by atoms with van der Waals surface area (Å²) in [4.78, 5) is 0. The van der Waals surface area contributed by atoms with Crippen LogP contribution in [0.3, 0.4) is 0 Å². The minimum atomic E-state index is 0.116. The highest BCUT2D eigenvalue weighted by Gasteiger charge is 2.07. The first kappa shape index (κ1) is 15.1. The zero-order chi connectivity index (χ0) is 14.5. The van der Waals surface area contributed by atoms with Crippen molar-refractivity contribution in [3.8, 4) is 5.75 Å². The molecule has 0 bridgehead atoms. The van der Waals surface area contributed by atoms with Gasteiger partial charge in [-0.1, -0.05) is 15.9 Å². The fourth-order valence-corrected chi connectivity index (χ4v) is 2.48. The number of nitrogens with zero attached hydrogens (tertiary/aromatic N) is 2. The lowest BCUT2D eigenvalue weighted by Crippen LogP contribution is -2.18. The van der Waals surface area contributed by atoms with E-state index in [1.54, 1.807) is 4.68 Å². The molecule has 0 saturated heterocycles. The number of aryl methyl sites for hydroxylation is 1. The summed E-state index contributed by atoms with van der Waals surface area (Å²) in [7, 11) is 1.92. The summed E-state index contributed by atoms with van der Waals surface area (Å²) in [5.74, 6) is 0.911. The highest BCUT2D eigenvalue weighted by atomic mass is 79.9. The fourth-order valence-electron chi connectivity index (χ4n) is 2.08. The molecule has 0 fully saturated rings. The van der Waals surface area contributed by atoms with E-state index in [-0.39, 0.29) is 6.04 Å². The third-order valence-corrected chi connectivity index (χ3v) is 3.46. The van der Waals surface area contributed by atoms with Crippen LogP contribution in [0.25, 0.3) is 0 Å². The van der Waals surface area contributed by atoms with Crippen molar-refractivity contribution < 1.29 is 4.74 Å². The lowest BCUT2D eigenvalue weighted by molar-refractivity contribution is 0.318. The molecule has 1 aromatic carbocycles. The summed E-state index contributed by atoms with van der Waals surface area (Å²) >= 11 is 3.49.